The van der Waals surface area contributed by atoms with Crippen molar-refractivity contribution >= 4 is 29.7 Å². The highest BCUT2D eigenvalue weighted by Crippen LogP contribution is 2.03. The number of aromatic nitrogens is 2. The lowest BCUT2D eigenvalue weighted by molar-refractivity contribution is -0.147. The number of hydrogen-bond donors (Lipinski definition) is 8. The number of hydrogen-bond acceptors (Lipinski definition) is 8. The molecule has 4 atom stereocenters. The average Bonchev–Trinajstić information content (AvgIpc) is 3.22. The van der Waals surface area contributed by atoms with Crippen LogP contribution in [0.3, 0.4) is 0 Å². The number of aliphatic hydroxyl groups is 1. The van der Waals surface area contributed by atoms with E-state index in [2.05, 4.69) is 25.9 Å². The van der Waals surface area contributed by atoms with Gasteiger partial charge in [0, 0.05) is 18.3 Å². The fourth-order valence-electron chi connectivity index (χ4n) is 2.51. The van der Waals surface area contributed by atoms with Crippen molar-refractivity contribution in [3.05, 3.63) is 18.2 Å². The summed E-state index contributed by atoms with van der Waals surface area (Å²) < 4.78 is 0. The van der Waals surface area contributed by atoms with Crippen LogP contribution in [-0.4, -0.2) is 85.7 Å². The molecule has 0 saturated heterocycles. The molecule has 0 aliphatic heterocycles. The second kappa shape index (κ2) is 12.4. The van der Waals surface area contributed by atoms with Crippen molar-refractivity contribution in [1.29, 1.82) is 0 Å². The minimum Gasteiger partial charge on any atom is -0.481 e. The number of aliphatic hydroxyl groups excluding tert-OH is 1. The van der Waals surface area contributed by atoms with E-state index in [1.54, 1.807) is 13.8 Å². The summed E-state index contributed by atoms with van der Waals surface area (Å²) in [6.07, 6.45) is 1.65. The molecule has 3 amide bonds. The van der Waals surface area contributed by atoms with Crippen LogP contribution in [0.4, 0.5) is 0 Å². The lowest BCUT2D eigenvalue weighted by Crippen LogP contribution is -2.59. The number of rotatable bonds is 13. The first-order chi connectivity index (χ1) is 15.0. The molecular formula is C18H28N6O8. The van der Waals surface area contributed by atoms with Crippen molar-refractivity contribution in [1.82, 2.24) is 25.9 Å². The van der Waals surface area contributed by atoms with E-state index in [0.717, 1.165) is 0 Å². The van der Waals surface area contributed by atoms with Gasteiger partial charge in [-0.2, -0.15) is 0 Å². The molecule has 0 radical (unpaired) electrons. The Balaban J connectivity index is 2.98. The van der Waals surface area contributed by atoms with Gasteiger partial charge in [0.25, 0.3) is 0 Å². The number of nitrogens with two attached hydrogens (primary N) is 1. The molecular weight excluding hydrogens is 428 g/mol. The number of aliphatic carboxylic acids is 2. The molecule has 0 aliphatic carbocycles. The second-order valence-corrected chi connectivity index (χ2v) is 7.35. The number of nitrogens with zero attached hydrogens (tertiary/aromatic N) is 1. The van der Waals surface area contributed by atoms with Crippen LogP contribution in [0.2, 0.25) is 0 Å². The molecule has 1 rings (SSSR count). The molecule has 0 saturated carbocycles. The van der Waals surface area contributed by atoms with Gasteiger partial charge in [-0.15, -0.1) is 0 Å². The molecule has 0 aliphatic rings. The first-order valence-electron chi connectivity index (χ1n) is 9.65. The Bertz CT molecular complexity index is 812. The second-order valence-electron chi connectivity index (χ2n) is 7.35. The average molecular weight is 456 g/mol. The quantitative estimate of drug-likeness (QED) is 0.149. The van der Waals surface area contributed by atoms with Crippen LogP contribution in [0, 0.1) is 5.92 Å². The van der Waals surface area contributed by atoms with E-state index in [-0.39, 0.29) is 12.3 Å². The third-order valence-electron chi connectivity index (χ3n) is 4.44. The van der Waals surface area contributed by atoms with Crippen molar-refractivity contribution in [3.8, 4) is 0 Å². The first-order valence-corrected chi connectivity index (χ1v) is 9.65. The number of carbonyl (C=O) groups excluding carboxylic acids is 3. The number of H-pyrrole nitrogens is 1. The van der Waals surface area contributed by atoms with Gasteiger partial charge < -0.3 is 42.0 Å². The maximum atomic E-state index is 12.6. The Hall–Kier alpha value is -3.52. The summed E-state index contributed by atoms with van der Waals surface area (Å²) in [4.78, 5) is 66.0. The van der Waals surface area contributed by atoms with Gasteiger partial charge in [-0.05, 0) is 5.92 Å². The zero-order valence-corrected chi connectivity index (χ0v) is 17.6. The van der Waals surface area contributed by atoms with Crippen LogP contribution in [-0.2, 0) is 30.4 Å². The van der Waals surface area contributed by atoms with Gasteiger partial charge in [0.2, 0.25) is 17.7 Å². The first kappa shape index (κ1) is 26.5. The molecule has 0 fully saturated rings. The van der Waals surface area contributed by atoms with E-state index in [0.29, 0.717) is 5.69 Å². The molecule has 178 valence electrons. The van der Waals surface area contributed by atoms with Crippen molar-refractivity contribution in [3.63, 3.8) is 0 Å². The SMILES string of the molecule is CC(C)C(N)C(=O)NC(CO)C(=O)NC(Cc1cnc[nH]1)C(=O)NC(CC(=O)O)C(=O)O. The number of carboxylic acid groups (broad SMARTS) is 2. The van der Waals surface area contributed by atoms with E-state index in [4.69, 9.17) is 15.9 Å². The lowest BCUT2D eigenvalue weighted by Gasteiger charge is -2.24. The van der Waals surface area contributed by atoms with E-state index in [1.165, 1.54) is 12.5 Å². The van der Waals surface area contributed by atoms with Crippen LogP contribution in [0.15, 0.2) is 12.5 Å². The monoisotopic (exact) mass is 456 g/mol. The Morgan fingerprint density at radius 1 is 1.00 bits per heavy atom. The Morgan fingerprint density at radius 3 is 2.03 bits per heavy atom. The summed E-state index contributed by atoms with van der Waals surface area (Å²) in [5, 5.41) is 34.2. The van der Waals surface area contributed by atoms with Crippen LogP contribution < -0.4 is 21.7 Å². The zero-order chi connectivity index (χ0) is 24.4. The molecule has 9 N–H and O–H groups in total. The van der Waals surface area contributed by atoms with Gasteiger partial charge in [0.1, 0.15) is 18.1 Å². The minimum atomic E-state index is -1.74. The summed E-state index contributed by atoms with van der Waals surface area (Å²) in [6, 6.07) is -5.48. The highest BCUT2D eigenvalue weighted by atomic mass is 16.4. The fraction of sp³-hybridized carbons (Fsp3) is 0.556. The summed E-state index contributed by atoms with van der Waals surface area (Å²) in [7, 11) is 0. The van der Waals surface area contributed by atoms with Gasteiger partial charge in [-0.25, -0.2) is 9.78 Å². The third-order valence-corrected chi connectivity index (χ3v) is 4.44. The highest BCUT2D eigenvalue weighted by molar-refractivity contribution is 5.94. The largest absolute Gasteiger partial charge is 0.481 e. The van der Waals surface area contributed by atoms with Crippen LogP contribution in [0.5, 0.6) is 0 Å². The lowest BCUT2D eigenvalue weighted by atomic mass is 10.0. The summed E-state index contributed by atoms with van der Waals surface area (Å²) >= 11 is 0. The van der Waals surface area contributed by atoms with Crippen molar-refractivity contribution in [2.45, 2.75) is 50.9 Å². The molecule has 0 spiro atoms. The van der Waals surface area contributed by atoms with Gasteiger partial charge in [-0.1, -0.05) is 13.8 Å². The van der Waals surface area contributed by atoms with Gasteiger partial charge in [-0.3, -0.25) is 19.2 Å². The molecule has 4 unspecified atom stereocenters. The third kappa shape index (κ3) is 8.31. The number of aromatic amines is 1. The molecule has 14 nitrogen and oxygen atoms in total. The molecule has 1 aromatic rings. The summed E-state index contributed by atoms with van der Waals surface area (Å²) in [5.41, 5.74) is 6.13. The van der Waals surface area contributed by atoms with E-state index >= 15 is 0 Å². The number of carbonyl (C=O) groups is 5. The summed E-state index contributed by atoms with van der Waals surface area (Å²) in [6.45, 7) is 2.59. The van der Waals surface area contributed by atoms with Crippen molar-refractivity contribution < 1.29 is 39.3 Å². The van der Waals surface area contributed by atoms with Crippen LogP contribution in [0.1, 0.15) is 26.0 Å². The van der Waals surface area contributed by atoms with E-state index < -0.39 is 66.9 Å². The molecule has 0 bridgehead atoms. The van der Waals surface area contributed by atoms with Gasteiger partial charge in [0.05, 0.1) is 25.4 Å². The Morgan fingerprint density at radius 2 is 1.56 bits per heavy atom. The Labute approximate surface area is 183 Å². The maximum absolute atomic E-state index is 12.6. The van der Waals surface area contributed by atoms with E-state index in [9.17, 15) is 29.1 Å². The molecule has 0 aromatic carbocycles. The van der Waals surface area contributed by atoms with Crippen LogP contribution >= 0.6 is 0 Å². The van der Waals surface area contributed by atoms with Gasteiger partial charge >= 0.3 is 11.9 Å². The van der Waals surface area contributed by atoms with Crippen LogP contribution in [0.25, 0.3) is 0 Å². The smallest absolute Gasteiger partial charge is 0.326 e. The number of imidazole rings is 1. The summed E-state index contributed by atoms with van der Waals surface area (Å²) in [5.74, 6) is -5.85. The molecule has 1 aromatic heterocycles. The highest BCUT2D eigenvalue weighted by Gasteiger charge is 2.31. The number of amides is 3. The zero-order valence-electron chi connectivity index (χ0n) is 17.6. The number of carboxylic acids is 2. The number of nitrogens with one attached hydrogen (secondary N) is 4. The van der Waals surface area contributed by atoms with Gasteiger partial charge in [0.15, 0.2) is 0 Å². The van der Waals surface area contributed by atoms with E-state index in [1.807, 2.05) is 0 Å². The maximum Gasteiger partial charge on any atom is 0.326 e. The normalized spacial score (nSPS) is 14.7. The molecule has 1 heterocycles. The van der Waals surface area contributed by atoms with Crippen molar-refractivity contribution in [2.75, 3.05) is 6.61 Å². The molecule has 32 heavy (non-hydrogen) atoms. The minimum absolute atomic E-state index is 0.158. The topological polar surface area (TPSA) is 237 Å². The standard InChI is InChI=1S/C18H28N6O8/c1-8(2)14(19)17(30)24-12(6-25)16(29)22-10(3-9-5-20-7-21-9)15(28)23-11(18(31)32)4-13(26)27/h5,7-8,10-12,14,25H,3-4,6,19H2,1-2H3,(H,20,21)(H,22,29)(H,23,28)(H,24,30)(H,26,27)(H,31,32). The fourth-order valence-corrected chi connectivity index (χ4v) is 2.51. The van der Waals surface area contributed by atoms with Crippen molar-refractivity contribution in [2.24, 2.45) is 11.7 Å². The molecule has 14 heteroatoms. The Kier molecular flexibility index (Phi) is 10.2. The predicted octanol–water partition coefficient (Wildman–Crippen LogP) is -3.06. The predicted molar refractivity (Wildman–Crippen MR) is 108 cm³/mol.